The topological polar surface area (TPSA) is 57.7 Å². The molecule has 6 heteroatoms. The van der Waals surface area contributed by atoms with Crippen LogP contribution in [0.25, 0.3) is 0 Å². The average molecular weight is 391 g/mol. The van der Waals surface area contributed by atoms with Crippen molar-refractivity contribution in [1.29, 1.82) is 0 Å². The van der Waals surface area contributed by atoms with Crippen molar-refractivity contribution in [2.45, 2.75) is 44.3 Å². The van der Waals surface area contributed by atoms with Gasteiger partial charge in [-0.05, 0) is 30.0 Å². The molecule has 0 bridgehead atoms. The Morgan fingerprint density at radius 1 is 1.07 bits per heavy atom. The molecular formula is C21H30N2O3S. The fourth-order valence-electron chi connectivity index (χ4n) is 4.16. The van der Waals surface area contributed by atoms with Crippen molar-refractivity contribution in [2.24, 2.45) is 5.92 Å². The van der Waals surface area contributed by atoms with E-state index in [9.17, 15) is 13.8 Å². The SMILES string of the molecule is CS(=O)Cc1cccc(C(=O)N2CCN(C(=O)CCC3CCCC3)CC2)c1. The van der Waals surface area contributed by atoms with Crippen molar-refractivity contribution >= 4 is 22.6 Å². The number of rotatable bonds is 6. The maximum absolute atomic E-state index is 12.8. The Kier molecular flexibility index (Phi) is 7.05. The molecule has 2 amide bonds. The number of hydrogen-bond donors (Lipinski definition) is 0. The zero-order chi connectivity index (χ0) is 19.2. The lowest BCUT2D eigenvalue weighted by molar-refractivity contribution is -0.133. The van der Waals surface area contributed by atoms with Gasteiger partial charge >= 0.3 is 0 Å². The maximum Gasteiger partial charge on any atom is 0.253 e. The first-order chi connectivity index (χ1) is 13.0. The van der Waals surface area contributed by atoms with E-state index in [0.717, 1.165) is 17.9 Å². The van der Waals surface area contributed by atoms with Crippen LogP contribution in [0.5, 0.6) is 0 Å². The number of amides is 2. The Balaban J connectivity index is 1.48. The zero-order valence-corrected chi connectivity index (χ0v) is 17.0. The Labute approximate surface area is 164 Å². The molecule has 0 spiro atoms. The highest BCUT2D eigenvalue weighted by Crippen LogP contribution is 2.28. The molecule has 1 atom stereocenters. The first-order valence-corrected chi connectivity index (χ1v) is 11.7. The van der Waals surface area contributed by atoms with E-state index in [2.05, 4.69) is 0 Å². The van der Waals surface area contributed by atoms with E-state index in [0.29, 0.717) is 43.9 Å². The molecule has 1 saturated heterocycles. The van der Waals surface area contributed by atoms with Crippen molar-refractivity contribution in [2.75, 3.05) is 32.4 Å². The number of carbonyl (C=O) groups is 2. The van der Waals surface area contributed by atoms with Crippen molar-refractivity contribution in [3.63, 3.8) is 0 Å². The van der Waals surface area contributed by atoms with Gasteiger partial charge in [-0.1, -0.05) is 37.8 Å². The highest BCUT2D eigenvalue weighted by atomic mass is 32.2. The second kappa shape index (κ2) is 9.49. The third-order valence-electron chi connectivity index (χ3n) is 5.70. The van der Waals surface area contributed by atoms with Crippen LogP contribution in [-0.2, 0) is 21.3 Å². The second-order valence-corrected chi connectivity index (χ2v) is 9.22. The summed E-state index contributed by atoms with van der Waals surface area (Å²) in [5.74, 6) is 1.43. The van der Waals surface area contributed by atoms with E-state index in [1.165, 1.54) is 25.7 Å². The van der Waals surface area contributed by atoms with E-state index >= 15 is 0 Å². The molecule has 1 aliphatic carbocycles. The van der Waals surface area contributed by atoms with Crippen molar-refractivity contribution in [1.82, 2.24) is 9.80 Å². The van der Waals surface area contributed by atoms with E-state index in [1.807, 2.05) is 34.1 Å². The number of piperazine rings is 1. The largest absolute Gasteiger partial charge is 0.339 e. The highest BCUT2D eigenvalue weighted by Gasteiger charge is 2.25. The van der Waals surface area contributed by atoms with Crippen LogP contribution < -0.4 is 0 Å². The molecule has 1 aliphatic heterocycles. The summed E-state index contributed by atoms with van der Waals surface area (Å²) in [6.45, 7) is 2.40. The predicted molar refractivity (Wildman–Crippen MR) is 108 cm³/mol. The van der Waals surface area contributed by atoms with Gasteiger partial charge in [-0.25, -0.2) is 0 Å². The third-order valence-corrected chi connectivity index (χ3v) is 6.44. The smallest absolute Gasteiger partial charge is 0.253 e. The summed E-state index contributed by atoms with van der Waals surface area (Å²) in [4.78, 5) is 28.9. The van der Waals surface area contributed by atoms with Gasteiger partial charge in [-0.15, -0.1) is 0 Å². The summed E-state index contributed by atoms with van der Waals surface area (Å²) in [7, 11) is -0.925. The Hall–Kier alpha value is -1.69. The van der Waals surface area contributed by atoms with Gasteiger partial charge in [0.1, 0.15) is 0 Å². The molecule has 3 rings (SSSR count). The van der Waals surface area contributed by atoms with Crippen LogP contribution in [0.4, 0.5) is 0 Å². The highest BCUT2D eigenvalue weighted by molar-refractivity contribution is 7.83. The molecule has 1 saturated carbocycles. The molecule has 1 aromatic carbocycles. The summed E-state index contributed by atoms with van der Waals surface area (Å²) >= 11 is 0. The van der Waals surface area contributed by atoms with Gasteiger partial charge in [0.25, 0.3) is 5.91 Å². The summed E-state index contributed by atoms with van der Waals surface area (Å²) in [5, 5.41) is 0. The number of benzene rings is 1. The first kappa shape index (κ1) is 20.1. The third kappa shape index (κ3) is 5.64. The molecule has 27 heavy (non-hydrogen) atoms. The molecule has 2 aliphatic rings. The van der Waals surface area contributed by atoms with Gasteiger partial charge in [0.05, 0.1) is 0 Å². The van der Waals surface area contributed by atoms with Crippen LogP contribution in [0.3, 0.4) is 0 Å². The van der Waals surface area contributed by atoms with Crippen LogP contribution in [0.1, 0.15) is 54.4 Å². The number of hydrogen-bond acceptors (Lipinski definition) is 3. The number of nitrogens with zero attached hydrogens (tertiary/aromatic N) is 2. The standard InChI is InChI=1S/C21H30N2O3S/c1-27(26)16-18-7-4-8-19(15-18)21(25)23-13-11-22(12-14-23)20(24)10-9-17-5-2-3-6-17/h4,7-8,15,17H,2-3,5-6,9-14,16H2,1H3. The Morgan fingerprint density at radius 2 is 1.74 bits per heavy atom. The Morgan fingerprint density at radius 3 is 2.41 bits per heavy atom. The van der Waals surface area contributed by atoms with Gasteiger partial charge < -0.3 is 9.80 Å². The van der Waals surface area contributed by atoms with E-state index in [-0.39, 0.29) is 11.8 Å². The summed E-state index contributed by atoms with van der Waals surface area (Å²) < 4.78 is 11.4. The van der Waals surface area contributed by atoms with Crippen LogP contribution >= 0.6 is 0 Å². The lowest BCUT2D eigenvalue weighted by Gasteiger charge is -2.35. The van der Waals surface area contributed by atoms with Crippen molar-refractivity contribution < 1.29 is 13.8 Å². The van der Waals surface area contributed by atoms with Crippen LogP contribution in [-0.4, -0.2) is 58.3 Å². The van der Waals surface area contributed by atoms with Gasteiger partial charge in [0.2, 0.25) is 5.91 Å². The summed E-state index contributed by atoms with van der Waals surface area (Å²) in [6, 6.07) is 7.39. The maximum atomic E-state index is 12.8. The minimum atomic E-state index is -0.925. The molecule has 0 N–H and O–H groups in total. The van der Waals surface area contributed by atoms with Crippen molar-refractivity contribution in [3.05, 3.63) is 35.4 Å². The Bertz CT molecular complexity index is 692. The normalized spacial score (nSPS) is 19.3. The minimum absolute atomic E-state index is 0.00297. The minimum Gasteiger partial charge on any atom is -0.339 e. The quantitative estimate of drug-likeness (QED) is 0.750. The molecule has 0 aromatic heterocycles. The molecule has 2 fully saturated rings. The molecule has 1 unspecified atom stereocenters. The van der Waals surface area contributed by atoms with E-state index in [1.54, 1.807) is 6.26 Å². The fraction of sp³-hybridized carbons (Fsp3) is 0.619. The van der Waals surface area contributed by atoms with Crippen LogP contribution in [0.2, 0.25) is 0 Å². The molecule has 1 aromatic rings. The van der Waals surface area contributed by atoms with Gasteiger partial charge in [0.15, 0.2) is 0 Å². The monoisotopic (exact) mass is 390 g/mol. The lowest BCUT2D eigenvalue weighted by atomic mass is 10.0. The predicted octanol–water partition coefficient (Wildman–Crippen LogP) is 2.82. The average Bonchev–Trinajstić information content (AvgIpc) is 3.19. The van der Waals surface area contributed by atoms with Crippen LogP contribution in [0, 0.1) is 5.92 Å². The van der Waals surface area contributed by atoms with E-state index in [4.69, 9.17) is 0 Å². The molecule has 1 heterocycles. The molecule has 0 radical (unpaired) electrons. The second-order valence-electron chi connectivity index (χ2n) is 7.78. The van der Waals surface area contributed by atoms with Gasteiger partial charge in [0, 0.05) is 61.0 Å². The van der Waals surface area contributed by atoms with Crippen molar-refractivity contribution in [3.8, 4) is 0 Å². The fourth-order valence-corrected chi connectivity index (χ4v) is 4.80. The number of carbonyl (C=O) groups excluding carboxylic acids is 2. The molecule has 148 valence electrons. The molecular weight excluding hydrogens is 360 g/mol. The van der Waals surface area contributed by atoms with Crippen LogP contribution in [0.15, 0.2) is 24.3 Å². The lowest BCUT2D eigenvalue weighted by Crippen LogP contribution is -2.50. The summed E-state index contributed by atoms with van der Waals surface area (Å²) in [5.41, 5.74) is 1.56. The summed E-state index contributed by atoms with van der Waals surface area (Å²) in [6.07, 6.45) is 8.51. The van der Waals surface area contributed by atoms with E-state index < -0.39 is 10.8 Å². The van der Waals surface area contributed by atoms with Gasteiger partial charge in [-0.2, -0.15) is 0 Å². The zero-order valence-electron chi connectivity index (χ0n) is 16.2. The van der Waals surface area contributed by atoms with Gasteiger partial charge in [-0.3, -0.25) is 13.8 Å². The molecule has 5 nitrogen and oxygen atoms in total. The first-order valence-electron chi connectivity index (χ1n) is 9.99.